The number of nitrogens with zero attached hydrogens (tertiary/aromatic N) is 2. The maximum absolute atomic E-state index is 12.8. The molecule has 1 atom stereocenters. The van der Waals surface area contributed by atoms with Crippen LogP contribution in [0.15, 0.2) is 47.1 Å². The van der Waals surface area contributed by atoms with E-state index in [4.69, 9.17) is 0 Å². The molecule has 1 unspecified atom stereocenters. The van der Waals surface area contributed by atoms with Crippen LogP contribution in [-0.2, 0) is 6.54 Å². The summed E-state index contributed by atoms with van der Waals surface area (Å²) in [4.78, 5) is 18.8. The molecule has 1 N–H and O–H groups in total. The average Bonchev–Trinajstić information content (AvgIpc) is 2.67. The zero-order chi connectivity index (χ0) is 14.8. The molecule has 1 aromatic carbocycles. The van der Waals surface area contributed by atoms with Crippen molar-refractivity contribution in [1.29, 1.82) is 0 Å². The fourth-order valence-electron chi connectivity index (χ4n) is 2.48. The van der Waals surface area contributed by atoms with Gasteiger partial charge in [-0.3, -0.25) is 4.79 Å². The van der Waals surface area contributed by atoms with Crippen molar-refractivity contribution >= 4 is 27.5 Å². The molecule has 2 heterocycles. The molecule has 1 aromatic heterocycles. The number of rotatable bonds is 1. The first kappa shape index (κ1) is 14.2. The van der Waals surface area contributed by atoms with E-state index in [1.165, 1.54) is 0 Å². The van der Waals surface area contributed by atoms with Crippen molar-refractivity contribution in [2.45, 2.75) is 19.5 Å². The Labute approximate surface area is 132 Å². The van der Waals surface area contributed by atoms with Crippen molar-refractivity contribution in [3.05, 3.63) is 58.3 Å². The third-order valence-corrected chi connectivity index (χ3v) is 4.04. The van der Waals surface area contributed by atoms with Crippen LogP contribution in [0.3, 0.4) is 0 Å². The predicted octanol–water partition coefficient (Wildman–Crippen LogP) is 2.98. The molecule has 0 aliphatic carbocycles. The van der Waals surface area contributed by atoms with Gasteiger partial charge in [0.05, 0.1) is 0 Å². The number of nitrogens with one attached hydrogen (secondary N) is 1. The minimum absolute atomic E-state index is 0.0644. The smallest absolute Gasteiger partial charge is 0.276 e. The Bertz CT molecular complexity index is 657. The van der Waals surface area contributed by atoms with Crippen molar-refractivity contribution in [2.75, 3.05) is 11.4 Å². The lowest BCUT2D eigenvalue weighted by Crippen LogP contribution is -2.40. The number of aromatic nitrogens is 1. The molecule has 1 aliphatic rings. The second kappa shape index (κ2) is 5.95. The fourth-order valence-corrected chi connectivity index (χ4v) is 2.71. The van der Waals surface area contributed by atoms with E-state index in [0.717, 1.165) is 22.3 Å². The average molecular weight is 346 g/mol. The number of amides is 1. The highest BCUT2D eigenvalue weighted by atomic mass is 79.9. The lowest BCUT2D eigenvalue weighted by molar-refractivity contribution is 0.0980. The molecule has 0 spiro atoms. The van der Waals surface area contributed by atoms with E-state index in [1.54, 1.807) is 12.3 Å². The first-order valence-electron chi connectivity index (χ1n) is 6.90. The van der Waals surface area contributed by atoms with Crippen LogP contribution in [0.5, 0.6) is 0 Å². The molecule has 0 saturated carbocycles. The maximum Gasteiger partial charge on any atom is 0.276 e. The quantitative estimate of drug-likeness (QED) is 0.864. The lowest BCUT2D eigenvalue weighted by atomic mass is 10.1. The molecule has 4 nitrogen and oxygen atoms in total. The molecular formula is C16H16BrN3O. The van der Waals surface area contributed by atoms with Gasteiger partial charge in [-0.05, 0) is 46.6 Å². The topological polar surface area (TPSA) is 45.2 Å². The van der Waals surface area contributed by atoms with Crippen LogP contribution in [0.4, 0.5) is 5.69 Å². The van der Waals surface area contributed by atoms with Crippen LogP contribution in [-0.4, -0.2) is 23.5 Å². The molecule has 1 amide bonds. The van der Waals surface area contributed by atoms with Gasteiger partial charge in [0.2, 0.25) is 0 Å². The molecule has 0 radical (unpaired) electrons. The summed E-state index contributed by atoms with van der Waals surface area (Å²) < 4.78 is 0.866. The lowest BCUT2D eigenvalue weighted by Gasteiger charge is -2.24. The number of fused-ring (bicyclic) bond motifs is 1. The number of benzene rings is 1. The number of anilines is 1. The summed E-state index contributed by atoms with van der Waals surface area (Å²) in [5.41, 5.74) is 2.55. The summed E-state index contributed by atoms with van der Waals surface area (Å²) >= 11 is 3.34. The standard InChI is InChI=1S/C16H16BrN3O/c1-11-10-20(15-5-3-2-4-12(15)8-18-11)16(21)14-7-6-13(17)9-19-14/h2-7,9,11,18H,8,10H2,1H3. The molecule has 2 aromatic rings. The predicted molar refractivity (Wildman–Crippen MR) is 86.4 cm³/mol. The number of para-hydroxylation sites is 1. The van der Waals surface area contributed by atoms with Gasteiger partial charge < -0.3 is 10.2 Å². The Morgan fingerprint density at radius 2 is 2.14 bits per heavy atom. The monoisotopic (exact) mass is 345 g/mol. The van der Waals surface area contributed by atoms with Crippen molar-refractivity contribution in [3.63, 3.8) is 0 Å². The Kier molecular flexibility index (Phi) is 4.03. The maximum atomic E-state index is 12.8. The Morgan fingerprint density at radius 3 is 2.90 bits per heavy atom. The largest absolute Gasteiger partial charge is 0.308 e. The van der Waals surface area contributed by atoms with Gasteiger partial charge in [-0.1, -0.05) is 18.2 Å². The van der Waals surface area contributed by atoms with Gasteiger partial charge in [-0.2, -0.15) is 0 Å². The number of pyridine rings is 1. The third kappa shape index (κ3) is 2.99. The van der Waals surface area contributed by atoms with E-state index in [-0.39, 0.29) is 11.9 Å². The summed E-state index contributed by atoms with van der Waals surface area (Å²) in [6, 6.07) is 11.8. The van der Waals surface area contributed by atoms with E-state index >= 15 is 0 Å². The van der Waals surface area contributed by atoms with Gasteiger partial charge in [0, 0.05) is 35.5 Å². The third-order valence-electron chi connectivity index (χ3n) is 3.57. The molecule has 0 bridgehead atoms. The van der Waals surface area contributed by atoms with E-state index in [2.05, 4.69) is 39.2 Å². The van der Waals surface area contributed by atoms with Crippen molar-refractivity contribution < 1.29 is 4.79 Å². The summed E-state index contributed by atoms with van der Waals surface area (Å²) in [7, 11) is 0. The molecule has 21 heavy (non-hydrogen) atoms. The number of halogens is 1. The van der Waals surface area contributed by atoms with Crippen LogP contribution in [0, 0.1) is 0 Å². The highest BCUT2D eigenvalue weighted by molar-refractivity contribution is 9.10. The first-order chi connectivity index (χ1) is 10.1. The molecule has 1 aliphatic heterocycles. The number of hydrogen-bond acceptors (Lipinski definition) is 3. The van der Waals surface area contributed by atoms with E-state index < -0.39 is 0 Å². The molecule has 0 fully saturated rings. The Morgan fingerprint density at radius 1 is 1.33 bits per heavy atom. The first-order valence-corrected chi connectivity index (χ1v) is 7.69. The van der Waals surface area contributed by atoms with Gasteiger partial charge in [0.1, 0.15) is 5.69 Å². The molecule has 3 rings (SSSR count). The SMILES string of the molecule is CC1CN(C(=O)c2ccc(Br)cn2)c2ccccc2CN1. The van der Waals surface area contributed by atoms with Crippen LogP contribution in [0.25, 0.3) is 0 Å². The molecule has 0 saturated heterocycles. The van der Waals surface area contributed by atoms with E-state index in [9.17, 15) is 4.79 Å². The van der Waals surface area contributed by atoms with Gasteiger partial charge in [-0.15, -0.1) is 0 Å². The highest BCUT2D eigenvalue weighted by Gasteiger charge is 2.25. The summed E-state index contributed by atoms with van der Waals surface area (Å²) in [6.45, 7) is 3.49. The Balaban J connectivity index is 1.99. The molecular weight excluding hydrogens is 330 g/mol. The van der Waals surface area contributed by atoms with Crippen molar-refractivity contribution in [3.8, 4) is 0 Å². The van der Waals surface area contributed by atoms with E-state index in [1.807, 2.05) is 29.2 Å². The van der Waals surface area contributed by atoms with Crippen LogP contribution in [0.2, 0.25) is 0 Å². The minimum Gasteiger partial charge on any atom is -0.308 e. The van der Waals surface area contributed by atoms with Crippen molar-refractivity contribution in [2.24, 2.45) is 0 Å². The summed E-state index contributed by atoms with van der Waals surface area (Å²) in [6.07, 6.45) is 1.65. The fraction of sp³-hybridized carbons (Fsp3) is 0.250. The van der Waals surface area contributed by atoms with Gasteiger partial charge >= 0.3 is 0 Å². The second-order valence-corrected chi connectivity index (χ2v) is 6.10. The van der Waals surface area contributed by atoms with Crippen LogP contribution < -0.4 is 10.2 Å². The highest BCUT2D eigenvalue weighted by Crippen LogP contribution is 2.25. The van der Waals surface area contributed by atoms with Gasteiger partial charge in [0.15, 0.2) is 0 Å². The zero-order valence-corrected chi connectivity index (χ0v) is 13.3. The van der Waals surface area contributed by atoms with Gasteiger partial charge in [0.25, 0.3) is 5.91 Å². The normalized spacial score (nSPS) is 18.0. The van der Waals surface area contributed by atoms with Crippen LogP contribution >= 0.6 is 15.9 Å². The van der Waals surface area contributed by atoms with Crippen LogP contribution in [0.1, 0.15) is 23.0 Å². The van der Waals surface area contributed by atoms with Crippen molar-refractivity contribution in [1.82, 2.24) is 10.3 Å². The second-order valence-electron chi connectivity index (χ2n) is 5.19. The number of hydrogen-bond donors (Lipinski definition) is 1. The number of carbonyl (C=O) groups excluding carboxylic acids is 1. The number of carbonyl (C=O) groups is 1. The zero-order valence-electron chi connectivity index (χ0n) is 11.7. The van der Waals surface area contributed by atoms with E-state index in [0.29, 0.717) is 12.2 Å². The summed E-state index contributed by atoms with van der Waals surface area (Å²) in [5.74, 6) is -0.0644. The van der Waals surface area contributed by atoms with Gasteiger partial charge in [-0.25, -0.2) is 4.98 Å². The summed E-state index contributed by atoms with van der Waals surface area (Å²) in [5, 5.41) is 3.42. The molecule has 108 valence electrons. The molecule has 5 heteroatoms. The Hall–Kier alpha value is -1.72. The minimum atomic E-state index is -0.0644.